The van der Waals surface area contributed by atoms with Crippen molar-refractivity contribution in [1.82, 2.24) is 0 Å². The molecule has 1 aromatic rings. The van der Waals surface area contributed by atoms with Crippen LogP contribution in [-0.4, -0.2) is 40.6 Å². The minimum absolute atomic E-state index is 0.0478. The molecule has 3 fully saturated rings. The molecule has 3 saturated carbocycles. The molecule has 3 aliphatic rings. The van der Waals surface area contributed by atoms with E-state index < -0.39 is 5.60 Å². The van der Waals surface area contributed by atoms with E-state index in [-0.39, 0.29) is 59.8 Å². The average molecular weight is 451 g/mol. The molecule has 1 unspecified atom stereocenters. The molecule has 4 rings (SSSR count). The van der Waals surface area contributed by atoms with Crippen LogP contribution in [-0.2, 0) is 15.1 Å². The van der Waals surface area contributed by atoms with Gasteiger partial charge in [-0.2, -0.15) is 0 Å². The van der Waals surface area contributed by atoms with Crippen molar-refractivity contribution >= 4 is 17.3 Å². The number of fused-ring (bicyclic) bond motifs is 1. The Balaban J connectivity index is 1.60. The van der Waals surface area contributed by atoms with Gasteiger partial charge in [0.15, 0.2) is 0 Å². The van der Waals surface area contributed by atoms with Crippen LogP contribution in [0.15, 0.2) is 17.5 Å². The molecule has 0 aliphatic heterocycles. The third-order valence-corrected chi connectivity index (χ3v) is 10.6. The van der Waals surface area contributed by atoms with Crippen LogP contribution in [0.3, 0.4) is 0 Å². The first-order chi connectivity index (χ1) is 14.7. The van der Waals surface area contributed by atoms with Gasteiger partial charge >= 0.3 is 5.97 Å². The van der Waals surface area contributed by atoms with E-state index in [9.17, 15) is 20.1 Å². The molecule has 6 heteroatoms. The van der Waals surface area contributed by atoms with E-state index in [0.29, 0.717) is 6.42 Å². The standard InChI is InChI=1S/C25H38O5S/c1-16(28)30-18-6-9-23(2,17(13-18)14-26)20-7-10-24(3)21(19(20)15-27)8-11-25(24,29)22-5-4-12-31-22/h4-5,12,17-21,26-27,29H,6-11,13-15H2,1-3H3/t17-,18+,19-,20?,21+,23+,24+,25-/m1/s1. The van der Waals surface area contributed by atoms with Gasteiger partial charge in [-0.15, -0.1) is 11.3 Å². The molecule has 0 aromatic carbocycles. The summed E-state index contributed by atoms with van der Waals surface area (Å²) in [6, 6.07) is 4.07. The summed E-state index contributed by atoms with van der Waals surface area (Å²) in [4.78, 5) is 12.5. The van der Waals surface area contributed by atoms with Crippen molar-refractivity contribution < 1.29 is 24.9 Å². The summed E-state index contributed by atoms with van der Waals surface area (Å²) in [7, 11) is 0. The number of carbonyl (C=O) groups is 1. The first kappa shape index (κ1) is 23.2. The lowest BCUT2D eigenvalue weighted by molar-refractivity contribution is -0.164. The maximum Gasteiger partial charge on any atom is 0.302 e. The molecule has 3 N–H and O–H groups in total. The first-order valence-electron chi connectivity index (χ1n) is 11.8. The Bertz CT molecular complexity index is 781. The van der Waals surface area contributed by atoms with E-state index in [1.54, 1.807) is 11.3 Å². The number of ether oxygens (including phenoxy) is 1. The molecule has 0 radical (unpaired) electrons. The zero-order valence-electron chi connectivity index (χ0n) is 19.0. The van der Waals surface area contributed by atoms with Crippen molar-refractivity contribution in [2.45, 2.75) is 77.4 Å². The van der Waals surface area contributed by atoms with Crippen molar-refractivity contribution in [3.8, 4) is 0 Å². The molecule has 31 heavy (non-hydrogen) atoms. The van der Waals surface area contributed by atoms with Crippen LogP contribution in [0.5, 0.6) is 0 Å². The lowest BCUT2D eigenvalue weighted by Gasteiger charge is -2.58. The number of aliphatic hydroxyl groups is 3. The Morgan fingerprint density at radius 3 is 2.48 bits per heavy atom. The van der Waals surface area contributed by atoms with E-state index in [0.717, 1.165) is 43.4 Å². The van der Waals surface area contributed by atoms with Crippen LogP contribution in [0.2, 0.25) is 0 Å². The summed E-state index contributed by atoms with van der Waals surface area (Å²) in [5.74, 6) is 0.442. The van der Waals surface area contributed by atoms with Crippen LogP contribution in [0, 0.1) is 34.5 Å². The highest BCUT2D eigenvalue weighted by Crippen LogP contribution is 2.67. The van der Waals surface area contributed by atoms with Crippen molar-refractivity contribution in [3.63, 3.8) is 0 Å². The molecule has 0 amide bonds. The Kier molecular flexibility index (Phi) is 6.32. The van der Waals surface area contributed by atoms with Gasteiger partial charge in [-0.05, 0) is 85.5 Å². The number of aliphatic hydroxyl groups excluding tert-OH is 2. The van der Waals surface area contributed by atoms with Gasteiger partial charge in [0.05, 0.1) is 0 Å². The van der Waals surface area contributed by atoms with Crippen LogP contribution in [0.4, 0.5) is 0 Å². The van der Waals surface area contributed by atoms with E-state index in [2.05, 4.69) is 19.9 Å². The minimum Gasteiger partial charge on any atom is -0.463 e. The number of esters is 1. The normalized spacial score (nSPS) is 45.3. The smallest absolute Gasteiger partial charge is 0.302 e. The Labute approximate surface area is 189 Å². The minimum atomic E-state index is -0.825. The van der Waals surface area contributed by atoms with Gasteiger partial charge in [0.25, 0.3) is 0 Å². The second-order valence-corrected chi connectivity index (χ2v) is 11.7. The summed E-state index contributed by atoms with van der Waals surface area (Å²) in [6.07, 6.45) is 5.78. The highest BCUT2D eigenvalue weighted by molar-refractivity contribution is 7.10. The summed E-state index contributed by atoms with van der Waals surface area (Å²) in [5, 5.41) is 34.7. The number of carbonyl (C=O) groups excluding carboxylic acids is 1. The number of hydrogen-bond donors (Lipinski definition) is 3. The molecule has 1 aromatic heterocycles. The van der Waals surface area contributed by atoms with Gasteiger partial charge < -0.3 is 20.1 Å². The quantitative estimate of drug-likeness (QED) is 0.588. The fourth-order valence-corrected chi connectivity index (χ4v) is 8.78. The van der Waals surface area contributed by atoms with Gasteiger partial charge in [-0.3, -0.25) is 4.79 Å². The molecule has 1 heterocycles. The van der Waals surface area contributed by atoms with Crippen molar-refractivity contribution in [2.24, 2.45) is 34.5 Å². The number of thiophene rings is 1. The van der Waals surface area contributed by atoms with Gasteiger partial charge in [0.2, 0.25) is 0 Å². The third-order valence-electron chi connectivity index (χ3n) is 9.61. The topological polar surface area (TPSA) is 87.0 Å². The number of hydrogen-bond acceptors (Lipinski definition) is 6. The molecular formula is C25H38O5S. The summed E-state index contributed by atoms with van der Waals surface area (Å²) in [6.45, 7) is 6.14. The predicted molar refractivity (Wildman–Crippen MR) is 120 cm³/mol. The van der Waals surface area contributed by atoms with Crippen molar-refractivity contribution in [2.75, 3.05) is 13.2 Å². The summed E-state index contributed by atoms with van der Waals surface area (Å²) < 4.78 is 5.48. The van der Waals surface area contributed by atoms with Crippen LogP contribution in [0.1, 0.15) is 70.6 Å². The summed E-state index contributed by atoms with van der Waals surface area (Å²) in [5.41, 5.74) is -1.18. The molecule has 0 spiro atoms. The highest BCUT2D eigenvalue weighted by Gasteiger charge is 2.64. The number of rotatable bonds is 5. The second-order valence-electron chi connectivity index (χ2n) is 10.8. The summed E-state index contributed by atoms with van der Waals surface area (Å²) >= 11 is 1.63. The molecule has 3 aliphatic carbocycles. The van der Waals surface area contributed by atoms with Crippen molar-refractivity contribution in [1.29, 1.82) is 0 Å². The lowest BCUT2D eigenvalue weighted by atomic mass is 9.48. The molecule has 0 saturated heterocycles. The van der Waals surface area contributed by atoms with Crippen LogP contribution >= 0.6 is 11.3 Å². The zero-order chi connectivity index (χ0) is 22.4. The fraction of sp³-hybridized carbons (Fsp3) is 0.800. The van der Waals surface area contributed by atoms with Crippen molar-refractivity contribution in [3.05, 3.63) is 22.4 Å². The predicted octanol–water partition coefficient (Wildman–Crippen LogP) is 4.10. The second kappa shape index (κ2) is 8.44. The van der Waals surface area contributed by atoms with Crippen LogP contribution in [0.25, 0.3) is 0 Å². The maximum absolute atomic E-state index is 11.8. The van der Waals surface area contributed by atoms with E-state index >= 15 is 0 Å². The Hall–Kier alpha value is -0.950. The maximum atomic E-state index is 11.8. The zero-order valence-corrected chi connectivity index (χ0v) is 19.9. The van der Waals surface area contributed by atoms with E-state index in [4.69, 9.17) is 4.74 Å². The van der Waals surface area contributed by atoms with Gasteiger partial charge in [-0.1, -0.05) is 19.9 Å². The van der Waals surface area contributed by atoms with Gasteiger partial charge in [0.1, 0.15) is 11.7 Å². The molecule has 0 bridgehead atoms. The van der Waals surface area contributed by atoms with E-state index in [1.807, 2.05) is 11.4 Å². The Morgan fingerprint density at radius 1 is 1.13 bits per heavy atom. The fourth-order valence-electron chi connectivity index (χ4n) is 7.79. The largest absolute Gasteiger partial charge is 0.463 e. The molecule has 174 valence electrons. The third kappa shape index (κ3) is 3.58. The molecular weight excluding hydrogens is 412 g/mol. The average Bonchev–Trinajstić information content (AvgIpc) is 3.36. The first-order valence-corrected chi connectivity index (χ1v) is 12.7. The molecule has 5 nitrogen and oxygen atoms in total. The highest BCUT2D eigenvalue weighted by atomic mass is 32.1. The Morgan fingerprint density at radius 2 is 1.87 bits per heavy atom. The SMILES string of the molecule is CC(=O)O[C@H]1CC[C@](C)(C2CC[C@@]3(C)[C@@H](CC[C@@]3(O)c3cccs3)[C@@H]2CO)[C@@H](CO)C1. The van der Waals surface area contributed by atoms with Gasteiger partial charge in [0, 0.05) is 30.4 Å². The molecule has 8 atom stereocenters. The van der Waals surface area contributed by atoms with E-state index in [1.165, 1.54) is 6.92 Å². The lowest BCUT2D eigenvalue weighted by Crippen LogP contribution is -2.55. The monoisotopic (exact) mass is 450 g/mol. The van der Waals surface area contributed by atoms with Gasteiger partial charge in [-0.25, -0.2) is 0 Å². The van der Waals surface area contributed by atoms with Crippen LogP contribution < -0.4 is 0 Å².